The van der Waals surface area contributed by atoms with Gasteiger partial charge < -0.3 is 15.0 Å². The summed E-state index contributed by atoms with van der Waals surface area (Å²) in [5.74, 6) is -1.38. The van der Waals surface area contributed by atoms with E-state index in [0.29, 0.717) is 41.1 Å². The SMILES string of the molecule is Cn1ncc(C(=O)N[C@@H]2CCN(C(=O)c3cc(Cl)c4nccnc4c3)C[C@@H]2c2ccccc2)c1OC(F)F. The third-order valence-electron chi connectivity index (χ3n) is 6.55. The molecule has 2 aromatic carbocycles. The van der Waals surface area contributed by atoms with Gasteiger partial charge in [0.25, 0.3) is 11.8 Å². The molecule has 2 amide bonds. The van der Waals surface area contributed by atoms with Crippen molar-refractivity contribution in [3.8, 4) is 5.88 Å². The van der Waals surface area contributed by atoms with Gasteiger partial charge in [-0.05, 0) is 24.1 Å². The molecule has 0 saturated carbocycles. The summed E-state index contributed by atoms with van der Waals surface area (Å²) in [5, 5.41) is 7.16. The molecule has 1 aliphatic heterocycles. The number of aryl methyl sites for hydroxylation is 1. The average molecular weight is 541 g/mol. The minimum atomic E-state index is -3.10. The fourth-order valence-corrected chi connectivity index (χ4v) is 5.00. The Morgan fingerprint density at radius 3 is 2.68 bits per heavy atom. The number of benzene rings is 2. The van der Waals surface area contributed by atoms with E-state index in [-0.39, 0.29) is 29.3 Å². The van der Waals surface area contributed by atoms with E-state index in [1.54, 1.807) is 17.0 Å². The zero-order chi connectivity index (χ0) is 26.8. The van der Waals surface area contributed by atoms with Crippen molar-refractivity contribution < 1.29 is 23.1 Å². The Morgan fingerprint density at radius 1 is 1.16 bits per heavy atom. The van der Waals surface area contributed by atoms with E-state index in [4.69, 9.17) is 11.6 Å². The number of likely N-dealkylation sites (tertiary alicyclic amines) is 1. The maximum absolute atomic E-state index is 13.5. The first-order valence-electron chi connectivity index (χ1n) is 11.8. The smallest absolute Gasteiger partial charge is 0.388 e. The van der Waals surface area contributed by atoms with E-state index in [0.717, 1.165) is 10.2 Å². The second-order valence-electron chi connectivity index (χ2n) is 8.88. The largest absolute Gasteiger partial charge is 0.416 e. The molecule has 0 radical (unpaired) electrons. The number of carbonyl (C=O) groups is 2. The minimum absolute atomic E-state index is 0.0926. The van der Waals surface area contributed by atoms with Gasteiger partial charge in [-0.1, -0.05) is 41.9 Å². The lowest BCUT2D eigenvalue weighted by atomic mass is 9.85. The van der Waals surface area contributed by atoms with Crippen molar-refractivity contribution in [2.75, 3.05) is 13.1 Å². The lowest BCUT2D eigenvalue weighted by Crippen LogP contribution is -2.51. The average Bonchev–Trinajstić information content (AvgIpc) is 3.28. The van der Waals surface area contributed by atoms with Gasteiger partial charge in [0, 0.05) is 50.1 Å². The highest BCUT2D eigenvalue weighted by Gasteiger charge is 2.35. The summed E-state index contributed by atoms with van der Waals surface area (Å²) in [6.07, 6.45) is 4.69. The minimum Gasteiger partial charge on any atom is -0.416 e. The predicted octanol–water partition coefficient (Wildman–Crippen LogP) is 4.05. The molecular formula is C26H23ClF2N6O3. The maximum Gasteiger partial charge on any atom is 0.388 e. The quantitative estimate of drug-likeness (QED) is 0.396. The number of aromatic nitrogens is 4. The number of ether oxygens (including phenoxy) is 1. The number of halogens is 3. The number of rotatable bonds is 6. The van der Waals surface area contributed by atoms with Gasteiger partial charge in [0.1, 0.15) is 11.1 Å². The van der Waals surface area contributed by atoms with Crippen LogP contribution in [-0.4, -0.2) is 62.2 Å². The van der Waals surface area contributed by atoms with Crippen molar-refractivity contribution in [2.45, 2.75) is 25.0 Å². The Morgan fingerprint density at radius 2 is 1.92 bits per heavy atom. The van der Waals surface area contributed by atoms with Gasteiger partial charge in [-0.25, -0.2) is 4.68 Å². The molecule has 1 aliphatic rings. The Hall–Kier alpha value is -4.12. The molecular weight excluding hydrogens is 518 g/mol. The summed E-state index contributed by atoms with van der Waals surface area (Å²) in [6, 6.07) is 12.4. The summed E-state index contributed by atoms with van der Waals surface area (Å²) in [6.45, 7) is -2.42. The number of alkyl halides is 2. The van der Waals surface area contributed by atoms with E-state index >= 15 is 0 Å². The van der Waals surface area contributed by atoms with E-state index in [2.05, 4.69) is 25.1 Å². The first-order valence-corrected chi connectivity index (χ1v) is 12.2. The first kappa shape index (κ1) is 25.5. The fraction of sp³-hybridized carbons (Fsp3) is 0.269. The highest BCUT2D eigenvalue weighted by molar-refractivity contribution is 6.35. The number of amides is 2. The van der Waals surface area contributed by atoms with Crippen LogP contribution < -0.4 is 10.1 Å². The molecule has 0 spiro atoms. The van der Waals surface area contributed by atoms with E-state index in [1.807, 2.05) is 30.3 Å². The summed E-state index contributed by atoms with van der Waals surface area (Å²) >= 11 is 6.37. The van der Waals surface area contributed by atoms with Crippen LogP contribution in [-0.2, 0) is 7.05 Å². The van der Waals surface area contributed by atoms with Gasteiger partial charge in [-0.15, -0.1) is 0 Å². The number of hydrogen-bond acceptors (Lipinski definition) is 6. The number of fused-ring (bicyclic) bond motifs is 1. The first-order chi connectivity index (χ1) is 18.3. The molecule has 0 aliphatic carbocycles. The lowest BCUT2D eigenvalue weighted by Gasteiger charge is -2.39. The molecule has 1 saturated heterocycles. The molecule has 38 heavy (non-hydrogen) atoms. The second-order valence-corrected chi connectivity index (χ2v) is 9.29. The summed E-state index contributed by atoms with van der Waals surface area (Å²) in [4.78, 5) is 36.8. The molecule has 1 N–H and O–H groups in total. The van der Waals surface area contributed by atoms with E-state index in [9.17, 15) is 18.4 Å². The van der Waals surface area contributed by atoms with Crippen molar-refractivity contribution in [3.63, 3.8) is 0 Å². The summed E-state index contributed by atoms with van der Waals surface area (Å²) in [5.41, 5.74) is 2.25. The predicted molar refractivity (Wildman–Crippen MR) is 135 cm³/mol. The molecule has 5 rings (SSSR count). The van der Waals surface area contributed by atoms with Gasteiger partial charge in [0.05, 0.1) is 16.7 Å². The number of hydrogen-bond donors (Lipinski definition) is 1. The van der Waals surface area contributed by atoms with Crippen molar-refractivity contribution in [2.24, 2.45) is 7.05 Å². The Kier molecular flexibility index (Phi) is 7.19. The van der Waals surface area contributed by atoms with Gasteiger partial charge in [0.2, 0.25) is 5.88 Å². The number of nitrogens with one attached hydrogen (secondary N) is 1. The summed E-state index contributed by atoms with van der Waals surface area (Å²) < 4.78 is 31.4. The molecule has 1 fully saturated rings. The number of nitrogens with zero attached hydrogens (tertiary/aromatic N) is 5. The van der Waals surface area contributed by atoms with Crippen LogP contribution in [0.15, 0.2) is 61.1 Å². The van der Waals surface area contributed by atoms with Crippen LogP contribution in [0.5, 0.6) is 5.88 Å². The zero-order valence-corrected chi connectivity index (χ0v) is 21.0. The number of piperidine rings is 1. The van der Waals surface area contributed by atoms with Crippen molar-refractivity contribution >= 4 is 34.4 Å². The van der Waals surface area contributed by atoms with Gasteiger partial charge in [0.15, 0.2) is 0 Å². The summed E-state index contributed by atoms with van der Waals surface area (Å²) in [7, 11) is 1.41. The standard InChI is InChI=1S/C26H23ClF2N6O3/c1-34-25(38-26(28)29)17(13-32-34)23(36)33-20-7-10-35(14-18(20)15-5-3-2-4-6-15)24(37)16-11-19(27)22-21(12-16)30-8-9-31-22/h2-6,8-9,11-13,18,20,26H,7,10,14H2,1H3,(H,33,36)/t18-,20-/m1/s1. The van der Waals surface area contributed by atoms with Gasteiger partial charge in [-0.2, -0.15) is 13.9 Å². The van der Waals surface area contributed by atoms with Crippen molar-refractivity contribution in [3.05, 3.63) is 82.8 Å². The molecule has 3 heterocycles. The number of carbonyl (C=O) groups excluding carboxylic acids is 2. The molecule has 0 bridgehead atoms. The van der Waals surface area contributed by atoms with Crippen molar-refractivity contribution in [1.82, 2.24) is 30.0 Å². The maximum atomic E-state index is 13.5. The fourth-order valence-electron chi connectivity index (χ4n) is 4.74. The van der Waals surface area contributed by atoms with Crippen LogP contribution in [0, 0.1) is 0 Å². The Labute approximate surface area is 221 Å². The van der Waals surface area contributed by atoms with Crippen LogP contribution >= 0.6 is 11.6 Å². The van der Waals surface area contributed by atoms with Gasteiger partial charge >= 0.3 is 6.61 Å². The molecule has 2 atom stereocenters. The zero-order valence-electron chi connectivity index (χ0n) is 20.2. The normalized spacial score (nSPS) is 17.6. The van der Waals surface area contributed by atoms with Crippen LogP contribution in [0.4, 0.5) is 8.78 Å². The molecule has 9 nitrogen and oxygen atoms in total. The molecule has 4 aromatic rings. The molecule has 196 valence electrons. The topological polar surface area (TPSA) is 102 Å². The monoisotopic (exact) mass is 540 g/mol. The highest BCUT2D eigenvalue weighted by Crippen LogP contribution is 2.30. The van der Waals surface area contributed by atoms with Gasteiger partial charge in [-0.3, -0.25) is 19.6 Å². The Balaban J connectivity index is 1.39. The van der Waals surface area contributed by atoms with E-state index < -0.39 is 12.5 Å². The lowest BCUT2D eigenvalue weighted by molar-refractivity contribution is -0.0556. The molecule has 12 heteroatoms. The second kappa shape index (κ2) is 10.7. The third kappa shape index (κ3) is 5.14. The van der Waals surface area contributed by atoms with Crippen LogP contribution in [0.3, 0.4) is 0 Å². The Bertz CT molecular complexity index is 1480. The molecule has 2 aromatic heterocycles. The molecule has 0 unspecified atom stereocenters. The highest BCUT2D eigenvalue weighted by atomic mass is 35.5. The van der Waals surface area contributed by atoms with E-state index in [1.165, 1.54) is 25.6 Å². The third-order valence-corrected chi connectivity index (χ3v) is 6.84. The van der Waals surface area contributed by atoms with Crippen LogP contribution in [0.1, 0.15) is 38.6 Å². The van der Waals surface area contributed by atoms with Crippen LogP contribution in [0.25, 0.3) is 11.0 Å². The van der Waals surface area contributed by atoms with Crippen LogP contribution in [0.2, 0.25) is 5.02 Å². The van der Waals surface area contributed by atoms with Crippen molar-refractivity contribution in [1.29, 1.82) is 0 Å².